The summed E-state index contributed by atoms with van der Waals surface area (Å²) in [5.74, 6) is 0.269. The molecule has 1 aliphatic rings. The average molecular weight is 466 g/mol. The number of ether oxygens (including phenoxy) is 1. The van der Waals surface area contributed by atoms with Gasteiger partial charge in [-0.05, 0) is 43.5 Å². The topological polar surface area (TPSA) is 87.7 Å². The third-order valence-corrected chi connectivity index (χ3v) is 6.23. The summed E-state index contributed by atoms with van der Waals surface area (Å²) in [5.41, 5.74) is 1.91. The maximum atomic E-state index is 13.1. The second-order valence-electron chi connectivity index (χ2n) is 8.95. The predicted molar refractivity (Wildman–Crippen MR) is 133 cm³/mol. The summed E-state index contributed by atoms with van der Waals surface area (Å²) in [6.45, 7) is 1.91. The van der Waals surface area contributed by atoms with Gasteiger partial charge in [0.2, 0.25) is 5.91 Å². The molecule has 1 saturated carbocycles. The summed E-state index contributed by atoms with van der Waals surface area (Å²) in [7, 11) is 3.36. The summed E-state index contributed by atoms with van der Waals surface area (Å²) in [6.07, 6.45) is 5.86. The van der Waals surface area contributed by atoms with Crippen molar-refractivity contribution in [2.75, 3.05) is 26.0 Å². The SMILES string of the molecule is CCC(NC(=O)c1cccc(NC(=O)C2CCCCC2)c1)c1ccccc1OCC(=O)N(C)C. The van der Waals surface area contributed by atoms with Crippen LogP contribution in [0.2, 0.25) is 0 Å². The Kier molecular flexibility index (Phi) is 9.08. The van der Waals surface area contributed by atoms with Crippen molar-refractivity contribution in [3.63, 3.8) is 0 Å². The van der Waals surface area contributed by atoms with Gasteiger partial charge in [0.25, 0.3) is 11.8 Å². The Morgan fingerprint density at radius 2 is 1.76 bits per heavy atom. The Balaban J connectivity index is 1.68. The number of hydrogen-bond acceptors (Lipinski definition) is 4. The summed E-state index contributed by atoms with van der Waals surface area (Å²) < 4.78 is 5.76. The molecule has 0 saturated heterocycles. The summed E-state index contributed by atoms with van der Waals surface area (Å²) in [6, 6.07) is 14.1. The van der Waals surface area contributed by atoms with E-state index >= 15 is 0 Å². The van der Waals surface area contributed by atoms with Crippen molar-refractivity contribution < 1.29 is 19.1 Å². The predicted octanol–water partition coefficient (Wildman–Crippen LogP) is 4.55. The zero-order chi connectivity index (χ0) is 24.5. The highest BCUT2D eigenvalue weighted by Crippen LogP contribution is 2.28. The molecule has 1 atom stereocenters. The van der Waals surface area contributed by atoms with Crippen LogP contribution in [0.25, 0.3) is 0 Å². The first kappa shape index (κ1) is 25.3. The molecule has 182 valence electrons. The largest absolute Gasteiger partial charge is 0.483 e. The first-order valence-electron chi connectivity index (χ1n) is 12.0. The van der Waals surface area contributed by atoms with Gasteiger partial charge in [-0.2, -0.15) is 0 Å². The van der Waals surface area contributed by atoms with Gasteiger partial charge < -0.3 is 20.3 Å². The van der Waals surface area contributed by atoms with E-state index in [-0.39, 0.29) is 36.3 Å². The van der Waals surface area contributed by atoms with E-state index in [0.717, 1.165) is 31.2 Å². The number of amides is 3. The fourth-order valence-electron chi connectivity index (χ4n) is 4.16. The van der Waals surface area contributed by atoms with Crippen molar-refractivity contribution >= 4 is 23.4 Å². The fraction of sp³-hybridized carbons (Fsp3) is 0.444. The normalized spacial score (nSPS) is 14.7. The maximum absolute atomic E-state index is 13.1. The highest BCUT2D eigenvalue weighted by Gasteiger charge is 2.22. The van der Waals surface area contributed by atoms with Gasteiger partial charge in [0, 0.05) is 36.8 Å². The number of para-hydroxylation sites is 1. The molecule has 0 aliphatic heterocycles. The molecule has 0 aromatic heterocycles. The number of carbonyl (C=O) groups is 3. The molecule has 0 bridgehead atoms. The molecular weight excluding hydrogens is 430 g/mol. The van der Waals surface area contributed by atoms with E-state index < -0.39 is 0 Å². The van der Waals surface area contributed by atoms with Crippen molar-refractivity contribution in [3.05, 3.63) is 59.7 Å². The first-order chi connectivity index (χ1) is 16.4. The molecule has 0 radical (unpaired) electrons. The first-order valence-corrected chi connectivity index (χ1v) is 12.0. The number of rotatable bonds is 9. The highest BCUT2D eigenvalue weighted by molar-refractivity contribution is 5.98. The summed E-state index contributed by atoms with van der Waals surface area (Å²) in [4.78, 5) is 39.1. The van der Waals surface area contributed by atoms with Crippen LogP contribution in [0.15, 0.2) is 48.5 Å². The molecule has 2 aromatic carbocycles. The van der Waals surface area contributed by atoms with Crippen LogP contribution in [0.1, 0.15) is 67.4 Å². The number of hydrogen-bond donors (Lipinski definition) is 2. The van der Waals surface area contributed by atoms with E-state index in [2.05, 4.69) is 10.6 Å². The zero-order valence-electron chi connectivity index (χ0n) is 20.3. The van der Waals surface area contributed by atoms with E-state index in [1.165, 1.54) is 11.3 Å². The van der Waals surface area contributed by atoms with Crippen molar-refractivity contribution in [2.45, 2.75) is 51.5 Å². The minimum absolute atomic E-state index is 0.0297. The average Bonchev–Trinajstić information content (AvgIpc) is 2.86. The summed E-state index contributed by atoms with van der Waals surface area (Å²) >= 11 is 0. The number of benzene rings is 2. The van der Waals surface area contributed by atoms with Gasteiger partial charge in [-0.1, -0.05) is 50.5 Å². The Morgan fingerprint density at radius 1 is 1.03 bits per heavy atom. The van der Waals surface area contributed by atoms with E-state index in [4.69, 9.17) is 4.74 Å². The quantitative estimate of drug-likeness (QED) is 0.569. The molecular formula is C27H35N3O4. The van der Waals surface area contributed by atoms with Gasteiger partial charge >= 0.3 is 0 Å². The smallest absolute Gasteiger partial charge is 0.259 e. The molecule has 0 heterocycles. The van der Waals surface area contributed by atoms with Crippen LogP contribution in [-0.4, -0.2) is 43.3 Å². The van der Waals surface area contributed by atoms with Crippen LogP contribution in [0.5, 0.6) is 5.75 Å². The third-order valence-electron chi connectivity index (χ3n) is 6.23. The van der Waals surface area contributed by atoms with E-state index in [0.29, 0.717) is 23.4 Å². The van der Waals surface area contributed by atoms with Gasteiger partial charge in [-0.3, -0.25) is 14.4 Å². The van der Waals surface area contributed by atoms with E-state index in [1.807, 2.05) is 25.1 Å². The van der Waals surface area contributed by atoms with Crippen molar-refractivity contribution in [1.29, 1.82) is 0 Å². The molecule has 1 aliphatic carbocycles. The minimum atomic E-state index is -0.293. The van der Waals surface area contributed by atoms with Gasteiger partial charge in [-0.15, -0.1) is 0 Å². The number of nitrogens with one attached hydrogen (secondary N) is 2. The van der Waals surface area contributed by atoms with E-state index in [9.17, 15) is 14.4 Å². The molecule has 2 N–H and O–H groups in total. The molecule has 7 heteroatoms. The molecule has 34 heavy (non-hydrogen) atoms. The molecule has 0 spiro atoms. The number of likely N-dealkylation sites (N-methyl/N-ethyl adjacent to an activating group) is 1. The number of anilines is 1. The summed E-state index contributed by atoms with van der Waals surface area (Å²) in [5, 5.41) is 6.04. The zero-order valence-corrected chi connectivity index (χ0v) is 20.3. The van der Waals surface area contributed by atoms with E-state index in [1.54, 1.807) is 44.4 Å². The minimum Gasteiger partial charge on any atom is -0.483 e. The molecule has 3 amide bonds. The number of nitrogens with zero attached hydrogens (tertiary/aromatic N) is 1. The monoisotopic (exact) mass is 465 g/mol. The molecule has 3 rings (SSSR count). The standard InChI is InChI=1S/C27H35N3O4/c1-4-23(22-15-8-9-16-24(22)34-18-25(31)30(2)3)29-27(33)20-13-10-14-21(17-20)28-26(32)19-11-6-5-7-12-19/h8-10,13-17,19,23H,4-7,11-12,18H2,1-3H3,(H,28,32)(H,29,33). The third kappa shape index (κ3) is 6.83. The lowest BCUT2D eigenvalue weighted by Crippen LogP contribution is -2.30. The lowest BCUT2D eigenvalue weighted by atomic mass is 9.88. The van der Waals surface area contributed by atoms with Crippen LogP contribution in [0.3, 0.4) is 0 Å². The Bertz CT molecular complexity index is 999. The number of carbonyl (C=O) groups excluding carboxylic acids is 3. The maximum Gasteiger partial charge on any atom is 0.259 e. The Labute approximate surface area is 201 Å². The lowest BCUT2D eigenvalue weighted by molar-refractivity contribution is -0.130. The van der Waals surface area contributed by atoms with Gasteiger partial charge in [0.1, 0.15) is 5.75 Å². The van der Waals surface area contributed by atoms with Crippen LogP contribution in [0.4, 0.5) is 5.69 Å². The second-order valence-corrected chi connectivity index (χ2v) is 8.95. The van der Waals surface area contributed by atoms with Crippen LogP contribution < -0.4 is 15.4 Å². The van der Waals surface area contributed by atoms with Crippen LogP contribution in [-0.2, 0) is 9.59 Å². The molecule has 7 nitrogen and oxygen atoms in total. The van der Waals surface area contributed by atoms with Gasteiger partial charge in [0.15, 0.2) is 6.61 Å². The van der Waals surface area contributed by atoms with Crippen LogP contribution >= 0.6 is 0 Å². The van der Waals surface area contributed by atoms with Crippen molar-refractivity contribution in [1.82, 2.24) is 10.2 Å². The lowest BCUT2D eigenvalue weighted by Gasteiger charge is -2.22. The van der Waals surface area contributed by atoms with Crippen LogP contribution in [0, 0.1) is 5.92 Å². The van der Waals surface area contributed by atoms with Gasteiger partial charge in [0.05, 0.1) is 6.04 Å². The fourth-order valence-corrected chi connectivity index (χ4v) is 4.16. The second kappa shape index (κ2) is 12.2. The Morgan fingerprint density at radius 3 is 2.47 bits per heavy atom. The molecule has 1 fully saturated rings. The van der Waals surface area contributed by atoms with Gasteiger partial charge in [-0.25, -0.2) is 0 Å². The molecule has 1 unspecified atom stereocenters. The van der Waals surface area contributed by atoms with Crippen molar-refractivity contribution in [2.24, 2.45) is 5.92 Å². The highest BCUT2D eigenvalue weighted by atomic mass is 16.5. The Hall–Kier alpha value is -3.35. The van der Waals surface area contributed by atoms with Crippen molar-refractivity contribution in [3.8, 4) is 5.75 Å². The molecule has 2 aromatic rings.